The molecule has 11 nitrogen and oxygen atoms in total. The zero-order chi connectivity index (χ0) is 32.4. The highest BCUT2D eigenvalue weighted by Crippen LogP contribution is 2.46. The minimum absolute atomic E-state index is 0.138. The van der Waals surface area contributed by atoms with Gasteiger partial charge in [-0.3, -0.25) is 14.4 Å². The average Bonchev–Trinajstić information content (AvgIpc) is 3.34. The lowest BCUT2D eigenvalue weighted by Gasteiger charge is -2.30. The van der Waals surface area contributed by atoms with Crippen LogP contribution in [0.5, 0.6) is 0 Å². The van der Waals surface area contributed by atoms with Crippen molar-refractivity contribution in [3.63, 3.8) is 0 Å². The largest absolute Gasteiger partial charge is 0.444 e. The van der Waals surface area contributed by atoms with Gasteiger partial charge < -0.3 is 20.3 Å². The van der Waals surface area contributed by atoms with Crippen LogP contribution in [0.25, 0.3) is 0 Å². The van der Waals surface area contributed by atoms with Gasteiger partial charge in [0.05, 0.1) is 5.02 Å². The predicted octanol–water partition coefficient (Wildman–Crippen LogP) is 4.39. The Morgan fingerprint density at radius 2 is 1.82 bits per heavy atom. The molecule has 0 aromatic heterocycles. The number of fused-ring (bicyclic) bond motifs is 2. The number of amides is 4. The van der Waals surface area contributed by atoms with Crippen molar-refractivity contribution in [1.29, 1.82) is 0 Å². The highest BCUT2D eigenvalue weighted by molar-refractivity contribution is 7.90. The number of sulfonamides is 1. The number of halogens is 2. The van der Waals surface area contributed by atoms with Crippen LogP contribution in [-0.2, 0) is 29.1 Å². The monoisotopic (exact) mass is 670 g/mol. The van der Waals surface area contributed by atoms with Crippen molar-refractivity contribution in [2.45, 2.75) is 107 Å². The van der Waals surface area contributed by atoms with E-state index in [1.807, 2.05) is 12.2 Å². The first-order valence-electron chi connectivity index (χ1n) is 14.9. The van der Waals surface area contributed by atoms with E-state index >= 15 is 0 Å². The van der Waals surface area contributed by atoms with Crippen molar-refractivity contribution in [3.05, 3.63) is 39.9 Å². The molecule has 1 aromatic rings. The minimum atomic E-state index is -4.42. The van der Waals surface area contributed by atoms with Crippen LogP contribution in [0.3, 0.4) is 0 Å². The minimum Gasteiger partial charge on any atom is -0.444 e. The number of ether oxygens (including phenoxy) is 1. The van der Waals surface area contributed by atoms with Crippen LogP contribution in [0.1, 0.15) is 77.7 Å². The van der Waals surface area contributed by atoms with E-state index in [1.54, 1.807) is 20.8 Å². The molecular weight excluding hydrogens is 631 g/mol. The maximum Gasteiger partial charge on any atom is 0.408 e. The van der Waals surface area contributed by atoms with E-state index in [2.05, 4.69) is 15.4 Å². The Morgan fingerprint density at radius 1 is 1.09 bits per heavy atom. The van der Waals surface area contributed by atoms with Crippen molar-refractivity contribution >= 4 is 57.0 Å². The van der Waals surface area contributed by atoms with E-state index in [4.69, 9.17) is 27.9 Å². The van der Waals surface area contributed by atoms with Gasteiger partial charge in [0.2, 0.25) is 11.8 Å². The first-order chi connectivity index (χ1) is 20.5. The second-order valence-electron chi connectivity index (χ2n) is 12.7. The van der Waals surface area contributed by atoms with Crippen molar-refractivity contribution in [2.75, 3.05) is 6.54 Å². The Labute approximate surface area is 268 Å². The van der Waals surface area contributed by atoms with Gasteiger partial charge in [-0.05, 0) is 83.9 Å². The summed E-state index contributed by atoms with van der Waals surface area (Å²) in [5.74, 6) is -2.30. The molecule has 0 unspecified atom stereocenters. The van der Waals surface area contributed by atoms with E-state index in [1.165, 1.54) is 24.0 Å². The number of hydrogen-bond acceptors (Lipinski definition) is 7. The zero-order valence-corrected chi connectivity index (χ0v) is 27.7. The number of alkyl carbamates (subject to hydrolysis) is 1. The van der Waals surface area contributed by atoms with Crippen LogP contribution in [0.2, 0.25) is 10.0 Å². The summed E-state index contributed by atoms with van der Waals surface area (Å²) in [6.45, 7) is 7.00. The topological polar surface area (TPSA) is 151 Å². The maximum absolute atomic E-state index is 13.7. The number of benzene rings is 1. The predicted molar refractivity (Wildman–Crippen MR) is 166 cm³/mol. The van der Waals surface area contributed by atoms with Crippen LogP contribution >= 0.6 is 23.2 Å². The lowest BCUT2D eigenvalue weighted by molar-refractivity contribution is -0.141. The Hall–Kier alpha value is -2.83. The van der Waals surface area contributed by atoms with Crippen LogP contribution in [0, 0.1) is 12.8 Å². The van der Waals surface area contributed by atoms with E-state index < -0.39 is 63.0 Å². The first-order valence-corrected chi connectivity index (χ1v) is 17.1. The van der Waals surface area contributed by atoms with E-state index in [0.29, 0.717) is 38.6 Å². The number of carbonyl (C=O) groups is 4. The van der Waals surface area contributed by atoms with Crippen LogP contribution in [0.4, 0.5) is 4.79 Å². The molecule has 242 valence electrons. The van der Waals surface area contributed by atoms with Crippen molar-refractivity contribution in [2.24, 2.45) is 5.92 Å². The fourth-order valence-electron chi connectivity index (χ4n) is 5.84. The summed E-state index contributed by atoms with van der Waals surface area (Å²) < 4.78 is 34.2. The maximum atomic E-state index is 13.7. The van der Waals surface area contributed by atoms with E-state index in [9.17, 15) is 27.6 Å². The molecule has 2 aliphatic heterocycles. The molecule has 1 aliphatic carbocycles. The van der Waals surface area contributed by atoms with Crippen molar-refractivity contribution in [3.8, 4) is 0 Å². The molecule has 0 spiro atoms. The molecule has 3 aliphatic rings. The number of hydrogen-bond donors (Lipinski definition) is 3. The Balaban J connectivity index is 1.59. The number of nitrogens with zero attached hydrogens (tertiary/aromatic N) is 1. The number of aryl methyl sites for hydroxylation is 1. The number of carbonyl (C=O) groups excluding carboxylic acids is 4. The second-order valence-corrected chi connectivity index (χ2v) is 15.2. The van der Waals surface area contributed by atoms with Crippen molar-refractivity contribution in [1.82, 2.24) is 20.3 Å². The summed E-state index contributed by atoms with van der Waals surface area (Å²) in [6.07, 6.45) is 7.46. The van der Waals surface area contributed by atoms with Gasteiger partial charge in [0.25, 0.3) is 15.9 Å². The van der Waals surface area contributed by atoms with Gasteiger partial charge in [0.1, 0.15) is 28.1 Å². The smallest absolute Gasteiger partial charge is 0.408 e. The average molecular weight is 672 g/mol. The third-order valence-electron chi connectivity index (χ3n) is 8.02. The quantitative estimate of drug-likeness (QED) is 0.402. The highest BCUT2D eigenvalue weighted by Gasteiger charge is 2.61. The second kappa shape index (κ2) is 13.3. The molecule has 2 heterocycles. The standard InChI is InChI=1S/C30H40Cl2N4O7S/c1-18-15-20(31)16-21(32)24(18)44(41,42)35-27(39)30-17-19(30)11-8-6-5-7-9-12-22(33-28(40)43-29(2,3)4)26(38)36-14-10-13-23(36)25(37)34-30/h8,11,15-16,19,22-23H,5-7,9-10,12-14,17H2,1-4H3,(H,33,40)(H,34,37)(H,35,39)/b11-8-/t19-,22-,23-,30+/m0/s1. The molecular formula is C30H40Cl2N4O7S. The molecule has 1 saturated carbocycles. The molecule has 0 bridgehead atoms. The van der Waals surface area contributed by atoms with E-state index in [0.717, 1.165) is 12.8 Å². The summed E-state index contributed by atoms with van der Waals surface area (Å²) in [4.78, 5) is 54.9. The lowest BCUT2D eigenvalue weighted by Crippen LogP contribution is -2.58. The zero-order valence-electron chi connectivity index (χ0n) is 25.4. The number of nitrogens with one attached hydrogen (secondary N) is 3. The molecule has 4 atom stereocenters. The van der Waals surface area contributed by atoms with Crippen molar-refractivity contribution < 1.29 is 32.3 Å². The molecule has 4 rings (SSSR count). The van der Waals surface area contributed by atoms with Crippen LogP contribution < -0.4 is 15.4 Å². The van der Waals surface area contributed by atoms with E-state index in [-0.39, 0.29) is 26.9 Å². The Bertz CT molecular complexity index is 1440. The molecule has 4 amide bonds. The fraction of sp³-hybridized carbons (Fsp3) is 0.600. The van der Waals surface area contributed by atoms with Gasteiger partial charge in [-0.2, -0.15) is 0 Å². The lowest BCUT2D eigenvalue weighted by atomic mass is 10.0. The Kier molecular flexibility index (Phi) is 10.3. The van der Waals surface area contributed by atoms with Crippen LogP contribution in [-0.4, -0.2) is 66.9 Å². The first kappa shape index (κ1) is 34.1. The summed E-state index contributed by atoms with van der Waals surface area (Å²) in [7, 11) is -4.42. The molecule has 14 heteroatoms. The third-order valence-corrected chi connectivity index (χ3v) is 10.2. The number of rotatable bonds is 4. The SMILES string of the molecule is Cc1cc(Cl)cc(Cl)c1S(=O)(=O)NC(=O)[C@@]12C[C@@H]1/C=C\CCCCC[C@H](NC(=O)OC(C)(C)C)C(=O)N1CCC[C@H]1C(=O)N2. The molecule has 44 heavy (non-hydrogen) atoms. The van der Waals surface area contributed by atoms with Gasteiger partial charge in [0, 0.05) is 17.5 Å². The molecule has 3 N–H and O–H groups in total. The Morgan fingerprint density at radius 3 is 2.50 bits per heavy atom. The third kappa shape index (κ3) is 7.87. The van der Waals surface area contributed by atoms with Gasteiger partial charge in [0.15, 0.2) is 0 Å². The molecule has 2 fully saturated rings. The summed E-state index contributed by atoms with van der Waals surface area (Å²) in [6, 6.07) is 0.923. The summed E-state index contributed by atoms with van der Waals surface area (Å²) >= 11 is 12.2. The molecule has 0 radical (unpaired) electrons. The van der Waals surface area contributed by atoms with Gasteiger partial charge in [-0.1, -0.05) is 48.2 Å². The fourth-order valence-corrected chi connectivity index (χ4v) is 8.06. The molecule has 1 aromatic carbocycles. The normalized spacial score (nSPS) is 27.1. The van der Waals surface area contributed by atoms with Gasteiger partial charge >= 0.3 is 6.09 Å². The van der Waals surface area contributed by atoms with Gasteiger partial charge in [-0.25, -0.2) is 17.9 Å². The molecule has 1 saturated heterocycles. The number of allylic oxidation sites excluding steroid dienone is 1. The highest BCUT2D eigenvalue weighted by atomic mass is 35.5. The van der Waals surface area contributed by atoms with Crippen LogP contribution in [0.15, 0.2) is 29.2 Å². The summed E-state index contributed by atoms with van der Waals surface area (Å²) in [5.41, 5.74) is -2.02. The van der Waals surface area contributed by atoms with Gasteiger partial charge in [-0.15, -0.1) is 0 Å². The summed E-state index contributed by atoms with van der Waals surface area (Å²) in [5, 5.41) is 5.60.